The molecule has 2 heterocycles. The second-order valence-corrected chi connectivity index (χ2v) is 4.12. The molecule has 0 radical (unpaired) electrons. The third-order valence-electron chi connectivity index (χ3n) is 2.25. The van der Waals surface area contributed by atoms with Gasteiger partial charge in [-0.15, -0.1) is 5.10 Å². The van der Waals surface area contributed by atoms with E-state index in [0.29, 0.717) is 16.6 Å². The molecular weight excluding hydrogens is 238 g/mol. The molecule has 0 fully saturated rings. The molecule has 6 heteroatoms. The molecule has 0 N–H and O–H groups in total. The fourth-order valence-electron chi connectivity index (χ4n) is 1.43. The van der Waals surface area contributed by atoms with Crippen molar-refractivity contribution in [2.24, 2.45) is 0 Å². The molecule has 0 amide bonds. The number of aromatic nitrogens is 3. The summed E-state index contributed by atoms with van der Waals surface area (Å²) >= 11 is 1.44. The molecule has 0 spiro atoms. The lowest BCUT2D eigenvalue weighted by atomic mass is 10.3. The number of hydrogen-bond acceptors (Lipinski definition) is 5. The Hall–Kier alpha value is -2.21. The van der Waals surface area contributed by atoms with E-state index in [0.717, 1.165) is 4.85 Å². The van der Waals surface area contributed by atoms with Crippen LogP contribution in [-0.2, 0) is 0 Å². The van der Waals surface area contributed by atoms with Crippen LogP contribution in [0.2, 0.25) is 0 Å². The zero-order valence-corrected chi connectivity index (χ0v) is 9.42. The lowest BCUT2D eigenvalue weighted by Gasteiger charge is -2.00. The topological polar surface area (TPSA) is 57.0 Å². The maximum absolute atomic E-state index is 11.7. The summed E-state index contributed by atoms with van der Waals surface area (Å²) in [6.45, 7) is 0. The number of nitrogens with zero attached hydrogens (tertiary/aromatic N) is 3. The van der Waals surface area contributed by atoms with Crippen LogP contribution >= 0.6 is 11.3 Å². The first kappa shape index (κ1) is 9.98. The van der Waals surface area contributed by atoms with Crippen molar-refractivity contribution in [2.75, 3.05) is 0 Å². The molecule has 3 aromatic rings. The average Bonchev–Trinajstić information content (AvgIpc) is 2.98. The first-order chi connectivity index (χ1) is 8.34. The van der Waals surface area contributed by atoms with Crippen LogP contribution in [0.1, 0.15) is 10.4 Å². The Morgan fingerprint density at radius 1 is 1.29 bits per heavy atom. The molecule has 0 aliphatic rings. The van der Waals surface area contributed by atoms with Gasteiger partial charge in [-0.05, 0) is 28.8 Å². The standard InChI is InChI=1S/C11H7N3O2S/c15-11(8-5-6-17-7-8)16-14-10-4-2-1-3-9(10)12-13-14/h1-7H. The van der Waals surface area contributed by atoms with Crippen molar-refractivity contribution in [1.29, 1.82) is 0 Å². The van der Waals surface area contributed by atoms with Crippen LogP contribution in [-0.4, -0.2) is 21.1 Å². The van der Waals surface area contributed by atoms with E-state index >= 15 is 0 Å². The van der Waals surface area contributed by atoms with Crippen molar-refractivity contribution in [1.82, 2.24) is 15.2 Å². The van der Waals surface area contributed by atoms with Gasteiger partial charge in [-0.25, -0.2) is 4.79 Å². The minimum atomic E-state index is -0.443. The summed E-state index contributed by atoms with van der Waals surface area (Å²) in [4.78, 5) is 18.0. The van der Waals surface area contributed by atoms with Crippen LogP contribution < -0.4 is 4.84 Å². The van der Waals surface area contributed by atoms with Crippen LogP contribution in [0.25, 0.3) is 11.0 Å². The van der Waals surface area contributed by atoms with Gasteiger partial charge in [0, 0.05) is 5.38 Å². The highest BCUT2D eigenvalue weighted by Gasteiger charge is 2.12. The zero-order valence-electron chi connectivity index (χ0n) is 8.61. The third-order valence-corrected chi connectivity index (χ3v) is 2.93. The van der Waals surface area contributed by atoms with Crippen LogP contribution in [0, 0.1) is 0 Å². The molecule has 2 aromatic heterocycles. The minimum Gasteiger partial charge on any atom is -0.312 e. The number of carbonyl (C=O) groups excluding carboxylic acids is 1. The molecule has 1 aromatic carbocycles. The summed E-state index contributed by atoms with van der Waals surface area (Å²) < 4.78 is 0. The summed E-state index contributed by atoms with van der Waals surface area (Å²) in [7, 11) is 0. The Morgan fingerprint density at radius 2 is 2.18 bits per heavy atom. The Morgan fingerprint density at radius 3 is 3.00 bits per heavy atom. The molecule has 5 nitrogen and oxygen atoms in total. The van der Waals surface area contributed by atoms with Gasteiger partial charge >= 0.3 is 5.97 Å². The summed E-state index contributed by atoms with van der Waals surface area (Å²) in [5.74, 6) is -0.443. The second kappa shape index (κ2) is 3.99. The highest BCUT2D eigenvalue weighted by molar-refractivity contribution is 7.08. The Kier molecular flexibility index (Phi) is 2.34. The molecule has 0 saturated carbocycles. The Balaban J connectivity index is 1.93. The van der Waals surface area contributed by atoms with Gasteiger partial charge in [-0.1, -0.05) is 17.0 Å². The van der Waals surface area contributed by atoms with Crippen LogP contribution in [0.15, 0.2) is 41.1 Å². The Labute approximate surface area is 100 Å². The number of rotatable bonds is 2. The van der Waals surface area contributed by atoms with E-state index in [1.54, 1.807) is 23.6 Å². The van der Waals surface area contributed by atoms with E-state index in [2.05, 4.69) is 10.3 Å². The maximum atomic E-state index is 11.7. The summed E-state index contributed by atoms with van der Waals surface area (Å²) in [5.41, 5.74) is 1.86. The minimum absolute atomic E-state index is 0.443. The van der Waals surface area contributed by atoms with Gasteiger partial charge in [0.2, 0.25) is 0 Å². The van der Waals surface area contributed by atoms with Gasteiger partial charge in [0.25, 0.3) is 0 Å². The van der Waals surface area contributed by atoms with Gasteiger partial charge in [0.05, 0.1) is 5.56 Å². The normalized spacial score (nSPS) is 10.6. The molecule has 0 saturated heterocycles. The Bertz CT molecular complexity index is 660. The molecule has 3 rings (SSSR count). The highest BCUT2D eigenvalue weighted by atomic mass is 32.1. The monoisotopic (exact) mass is 245 g/mol. The van der Waals surface area contributed by atoms with Gasteiger partial charge in [0.1, 0.15) is 11.0 Å². The van der Waals surface area contributed by atoms with Gasteiger partial charge < -0.3 is 4.84 Å². The first-order valence-corrected chi connectivity index (χ1v) is 5.84. The van der Waals surface area contributed by atoms with Crippen LogP contribution in [0.4, 0.5) is 0 Å². The van der Waals surface area contributed by atoms with E-state index < -0.39 is 5.97 Å². The van der Waals surface area contributed by atoms with Crippen molar-refractivity contribution in [3.05, 3.63) is 46.7 Å². The number of hydrogen-bond donors (Lipinski definition) is 0. The predicted molar refractivity (Wildman–Crippen MR) is 62.8 cm³/mol. The van der Waals surface area contributed by atoms with E-state index in [1.807, 2.05) is 17.5 Å². The highest BCUT2D eigenvalue weighted by Crippen LogP contribution is 2.10. The number of fused-ring (bicyclic) bond motifs is 1. The van der Waals surface area contributed by atoms with Crippen molar-refractivity contribution >= 4 is 28.3 Å². The molecule has 0 unspecified atom stereocenters. The summed E-state index contributed by atoms with van der Waals surface area (Å²) in [5, 5.41) is 11.2. The fourth-order valence-corrected chi connectivity index (χ4v) is 2.05. The fraction of sp³-hybridized carbons (Fsp3) is 0. The van der Waals surface area contributed by atoms with Crippen LogP contribution in [0.5, 0.6) is 0 Å². The SMILES string of the molecule is O=C(On1nnc2ccccc21)c1ccsc1. The summed E-state index contributed by atoms with van der Waals surface area (Å²) in [6.07, 6.45) is 0. The number of carbonyl (C=O) groups is 1. The molecule has 84 valence electrons. The van der Waals surface area contributed by atoms with Crippen molar-refractivity contribution < 1.29 is 9.63 Å². The number of para-hydroxylation sites is 1. The molecule has 0 atom stereocenters. The van der Waals surface area contributed by atoms with Crippen LogP contribution in [0.3, 0.4) is 0 Å². The molecule has 0 aliphatic heterocycles. The molecular formula is C11H7N3O2S. The quantitative estimate of drug-likeness (QED) is 0.645. The van der Waals surface area contributed by atoms with Gasteiger partial charge in [-0.3, -0.25) is 0 Å². The number of thiophene rings is 1. The largest absolute Gasteiger partial charge is 0.366 e. The maximum Gasteiger partial charge on any atom is 0.366 e. The van der Waals surface area contributed by atoms with Crippen molar-refractivity contribution in [3.63, 3.8) is 0 Å². The lowest BCUT2D eigenvalue weighted by molar-refractivity contribution is 0.0409. The van der Waals surface area contributed by atoms with Crippen molar-refractivity contribution in [2.45, 2.75) is 0 Å². The van der Waals surface area contributed by atoms with E-state index in [4.69, 9.17) is 4.84 Å². The zero-order chi connectivity index (χ0) is 11.7. The van der Waals surface area contributed by atoms with E-state index in [1.165, 1.54) is 11.3 Å². The van der Waals surface area contributed by atoms with Gasteiger partial charge in [0.15, 0.2) is 0 Å². The van der Waals surface area contributed by atoms with Crippen molar-refractivity contribution in [3.8, 4) is 0 Å². The smallest absolute Gasteiger partial charge is 0.312 e. The lowest BCUT2D eigenvalue weighted by Crippen LogP contribution is -2.20. The third kappa shape index (κ3) is 1.78. The van der Waals surface area contributed by atoms with E-state index in [9.17, 15) is 4.79 Å². The average molecular weight is 245 g/mol. The molecule has 0 aliphatic carbocycles. The molecule has 0 bridgehead atoms. The molecule has 17 heavy (non-hydrogen) atoms. The second-order valence-electron chi connectivity index (χ2n) is 3.34. The number of benzene rings is 1. The predicted octanol–water partition coefficient (Wildman–Crippen LogP) is 1.76. The summed E-state index contributed by atoms with van der Waals surface area (Å²) in [6, 6.07) is 8.97. The van der Waals surface area contributed by atoms with E-state index in [-0.39, 0.29) is 0 Å². The first-order valence-electron chi connectivity index (χ1n) is 4.90. The van der Waals surface area contributed by atoms with Gasteiger partial charge in [-0.2, -0.15) is 11.3 Å².